The highest BCUT2D eigenvalue weighted by atomic mass is 16.6. The normalized spacial score (nSPS) is 11.8. The topological polar surface area (TPSA) is 115 Å². The summed E-state index contributed by atoms with van der Waals surface area (Å²) < 4.78 is 6.94. The molecule has 0 fully saturated rings. The van der Waals surface area contributed by atoms with Crippen LogP contribution in [0.4, 0.5) is 5.88 Å². The van der Waals surface area contributed by atoms with Crippen LogP contribution < -0.4 is 0 Å². The van der Waals surface area contributed by atoms with Gasteiger partial charge in [-0.2, -0.15) is 15.3 Å². The van der Waals surface area contributed by atoms with Crippen molar-refractivity contribution in [3.05, 3.63) is 124 Å². The first-order chi connectivity index (χ1) is 19.5. The number of nitrogens with one attached hydrogen (secondary N) is 1. The Morgan fingerprint density at radius 1 is 0.950 bits per heavy atom. The predicted molar refractivity (Wildman–Crippen MR) is 156 cm³/mol. The Morgan fingerprint density at radius 2 is 1.68 bits per heavy atom. The molecule has 9 nitrogen and oxygen atoms in total. The Balaban J connectivity index is 1.50. The van der Waals surface area contributed by atoms with Gasteiger partial charge in [0.25, 0.3) is 0 Å². The van der Waals surface area contributed by atoms with Crippen molar-refractivity contribution in [1.29, 1.82) is 0 Å². The molecule has 6 aromatic rings. The SMILES string of the molecule is Cc1cc(C)c2c(-c3ccccc3)c(-c3nn(-c4ccccc4)cc3/C=N/N=C/c3ccc([N+](=O)[O-])o3)[nH]c2c1. The van der Waals surface area contributed by atoms with E-state index >= 15 is 0 Å². The Hall–Kier alpha value is -5.57. The molecule has 0 aliphatic heterocycles. The number of fused-ring (bicyclic) bond motifs is 1. The summed E-state index contributed by atoms with van der Waals surface area (Å²) in [6.07, 6.45) is 4.85. The molecule has 6 rings (SSSR count). The third-order valence-corrected chi connectivity index (χ3v) is 6.54. The summed E-state index contributed by atoms with van der Waals surface area (Å²) in [7, 11) is 0. The van der Waals surface area contributed by atoms with Gasteiger partial charge in [0.2, 0.25) is 0 Å². The van der Waals surface area contributed by atoms with E-state index in [2.05, 4.69) is 53.3 Å². The van der Waals surface area contributed by atoms with Gasteiger partial charge < -0.3 is 9.40 Å². The van der Waals surface area contributed by atoms with E-state index in [1.807, 2.05) is 59.4 Å². The van der Waals surface area contributed by atoms with E-state index in [9.17, 15) is 10.1 Å². The Bertz CT molecular complexity index is 1900. The first-order valence-electron chi connectivity index (χ1n) is 12.6. The van der Waals surface area contributed by atoms with Crippen molar-refractivity contribution in [3.63, 3.8) is 0 Å². The van der Waals surface area contributed by atoms with Crippen molar-refractivity contribution in [1.82, 2.24) is 14.8 Å². The number of aromatic amines is 1. The van der Waals surface area contributed by atoms with Crippen LogP contribution in [-0.4, -0.2) is 32.1 Å². The molecule has 196 valence electrons. The summed E-state index contributed by atoms with van der Waals surface area (Å²) in [4.78, 5) is 13.9. The fraction of sp³-hybridized carbons (Fsp3) is 0.0645. The second kappa shape index (κ2) is 10.3. The zero-order valence-corrected chi connectivity index (χ0v) is 21.8. The molecular formula is C31H24N6O3. The lowest BCUT2D eigenvalue weighted by molar-refractivity contribution is -0.402. The van der Waals surface area contributed by atoms with Gasteiger partial charge in [-0.3, -0.25) is 10.1 Å². The number of nitro groups is 1. The number of benzene rings is 3. The van der Waals surface area contributed by atoms with Crippen LogP contribution >= 0.6 is 0 Å². The van der Waals surface area contributed by atoms with Crippen LogP contribution in [-0.2, 0) is 0 Å². The van der Waals surface area contributed by atoms with Crippen LogP contribution in [0.3, 0.4) is 0 Å². The highest BCUT2D eigenvalue weighted by Gasteiger charge is 2.22. The highest BCUT2D eigenvalue weighted by molar-refractivity contribution is 6.07. The molecule has 0 atom stereocenters. The first-order valence-corrected chi connectivity index (χ1v) is 12.6. The van der Waals surface area contributed by atoms with E-state index in [1.54, 1.807) is 6.21 Å². The average Bonchev–Trinajstić information content (AvgIpc) is 3.69. The van der Waals surface area contributed by atoms with Crippen LogP contribution in [0.1, 0.15) is 22.5 Å². The smallest absolute Gasteiger partial charge is 0.400 e. The zero-order chi connectivity index (χ0) is 27.6. The number of aromatic nitrogens is 3. The number of aryl methyl sites for hydroxylation is 2. The van der Waals surface area contributed by atoms with Gasteiger partial charge in [-0.15, -0.1) is 0 Å². The molecule has 3 aromatic carbocycles. The largest absolute Gasteiger partial charge is 0.433 e. The summed E-state index contributed by atoms with van der Waals surface area (Å²) >= 11 is 0. The van der Waals surface area contributed by atoms with Crippen molar-refractivity contribution >= 4 is 29.2 Å². The van der Waals surface area contributed by atoms with E-state index in [1.165, 1.54) is 29.5 Å². The minimum atomic E-state index is -0.598. The van der Waals surface area contributed by atoms with Gasteiger partial charge in [0.05, 0.1) is 29.9 Å². The standard InChI is InChI=1S/C31H24N6O3/c1-20-15-21(2)28-26(16-20)34-31(29(28)22-9-5-3-6-10-22)30-23(19-36(35-30)24-11-7-4-8-12-24)17-32-33-18-25-13-14-27(40-25)37(38)39/h3-19,34H,1-2H3/b32-17+,33-18+. The maximum absolute atomic E-state index is 10.9. The maximum atomic E-state index is 10.9. The molecule has 40 heavy (non-hydrogen) atoms. The van der Waals surface area contributed by atoms with Gasteiger partial charge in [0.1, 0.15) is 10.6 Å². The number of rotatable bonds is 7. The minimum absolute atomic E-state index is 0.233. The van der Waals surface area contributed by atoms with Crippen molar-refractivity contribution in [2.45, 2.75) is 13.8 Å². The molecule has 0 bridgehead atoms. The average molecular weight is 529 g/mol. The zero-order valence-electron chi connectivity index (χ0n) is 21.8. The lowest BCUT2D eigenvalue weighted by Gasteiger charge is -2.06. The van der Waals surface area contributed by atoms with Crippen molar-refractivity contribution in [2.24, 2.45) is 10.2 Å². The number of hydrogen-bond donors (Lipinski definition) is 1. The fourth-order valence-electron chi connectivity index (χ4n) is 4.88. The summed E-state index contributed by atoms with van der Waals surface area (Å²) in [5, 5.41) is 25.3. The van der Waals surface area contributed by atoms with E-state index in [0.29, 0.717) is 5.69 Å². The van der Waals surface area contributed by atoms with Crippen LogP contribution in [0, 0.1) is 24.0 Å². The van der Waals surface area contributed by atoms with Crippen LogP contribution in [0.5, 0.6) is 0 Å². The summed E-state index contributed by atoms with van der Waals surface area (Å²) in [5.41, 5.74) is 8.73. The number of hydrogen-bond acceptors (Lipinski definition) is 6. The molecule has 0 saturated heterocycles. The Kier molecular flexibility index (Phi) is 6.37. The fourth-order valence-corrected chi connectivity index (χ4v) is 4.88. The number of para-hydroxylation sites is 1. The molecule has 0 saturated carbocycles. The monoisotopic (exact) mass is 528 g/mol. The lowest BCUT2D eigenvalue weighted by Crippen LogP contribution is -1.94. The van der Waals surface area contributed by atoms with Crippen LogP contribution in [0.2, 0.25) is 0 Å². The maximum Gasteiger partial charge on any atom is 0.433 e. The van der Waals surface area contributed by atoms with Crippen LogP contribution in [0.25, 0.3) is 39.1 Å². The Morgan fingerprint density at radius 3 is 2.40 bits per heavy atom. The van der Waals surface area contributed by atoms with Gasteiger partial charge in [0, 0.05) is 28.2 Å². The Labute approximate surface area is 229 Å². The van der Waals surface area contributed by atoms with Gasteiger partial charge in [0.15, 0.2) is 5.76 Å². The van der Waals surface area contributed by atoms with E-state index in [0.717, 1.165) is 39.0 Å². The molecule has 3 aromatic heterocycles. The summed E-state index contributed by atoms with van der Waals surface area (Å²) in [5.74, 6) is -0.119. The highest BCUT2D eigenvalue weighted by Crippen LogP contribution is 2.40. The van der Waals surface area contributed by atoms with Crippen LogP contribution in [0.15, 0.2) is 106 Å². The third kappa shape index (κ3) is 4.71. The molecule has 9 heteroatoms. The third-order valence-electron chi connectivity index (χ3n) is 6.54. The van der Waals surface area contributed by atoms with E-state index in [4.69, 9.17) is 9.52 Å². The van der Waals surface area contributed by atoms with Crippen molar-refractivity contribution < 1.29 is 9.34 Å². The molecule has 0 amide bonds. The molecule has 0 unspecified atom stereocenters. The summed E-state index contributed by atoms with van der Waals surface area (Å²) in [6.45, 7) is 4.21. The lowest BCUT2D eigenvalue weighted by atomic mass is 9.96. The quantitative estimate of drug-likeness (QED) is 0.133. The minimum Gasteiger partial charge on any atom is -0.400 e. The number of furan rings is 1. The molecular weight excluding hydrogens is 504 g/mol. The van der Waals surface area contributed by atoms with Gasteiger partial charge in [-0.25, -0.2) is 4.68 Å². The molecule has 0 aliphatic carbocycles. The van der Waals surface area contributed by atoms with E-state index < -0.39 is 4.92 Å². The molecule has 1 N–H and O–H groups in total. The summed E-state index contributed by atoms with van der Waals surface area (Å²) in [6, 6.07) is 27.2. The van der Waals surface area contributed by atoms with E-state index in [-0.39, 0.29) is 11.6 Å². The van der Waals surface area contributed by atoms with Gasteiger partial charge in [-0.1, -0.05) is 54.6 Å². The van der Waals surface area contributed by atoms with Crippen molar-refractivity contribution in [3.8, 4) is 28.2 Å². The molecule has 0 spiro atoms. The van der Waals surface area contributed by atoms with Crippen molar-refractivity contribution in [2.75, 3.05) is 0 Å². The number of nitrogens with zero attached hydrogens (tertiary/aromatic N) is 5. The molecule has 0 radical (unpaired) electrons. The predicted octanol–water partition coefficient (Wildman–Crippen LogP) is 7.26. The van der Waals surface area contributed by atoms with Gasteiger partial charge >= 0.3 is 5.88 Å². The van der Waals surface area contributed by atoms with Gasteiger partial charge in [-0.05, 0) is 54.8 Å². The second-order valence-corrected chi connectivity index (χ2v) is 9.38. The molecule has 0 aliphatic rings. The molecule has 3 heterocycles. The number of H-pyrrole nitrogens is 1. The first kappa shape index (κ1) is 24.7. The second-order valence-electron chi connectivity index (χ2n) is 9.38.